The molecule has 1 aliphatic rings. The van der Waals surface area contributed by atoms with Gasteiger partial charge >= 0.3 is 0 Å². The van der Waals surface area contributed by atoms with Crippen molar-refractivity contribution < 1.29 is 0 Å². The van der Waals surface area contributed by atoms with E-state index in [0.29, 0.717) is 11.3 Å². The Morgan fingerprint density at radius 1 is 1.23 bits per heavy atom. The van der Waals surface area contributed by atoms with Crippen LogP contribution >= 0.6 is 0 Å². The van der Waals surface area contributed by atoms with E-state index < -0.39 is 0 Å². The first-order valence-electron chi connectivity index (χ1n) is 12.6. The Morgan fingerprint density at radius 2 is 1.97 bits per heavy atom. The van der Waals surface area contributed by atoms with Gasteiger partial charge in [-0.05, 0) is 98.7 Å². The summed E-state index contributed by atoms with van der Waals surface area (Å²) in [7, 11) is 0. The van der Waals surface area contributed by atoms with E-state index in [1.165, 1.54) is 74.5 Å². The lowest BCUT2D eigenvalue weighted by Gasteiger charge is -2.41. The second kappa shape index (κ2) is 10.8. The Balaban J connectivity index is 2.40. The number of benzene rings is 1. The van der Waals surface area contributed by atoms with E-state index in [1.807, 2.05) is 0 Å². The maximum absolute atomic E-state index is 4.69. The van der Waals surface area contributed by atoms with Crippen molar-refractivity contribution in [2.24, 2.45) is 11.3 Å². The van der Waals surface area contributed by atoms with Crippen molar-refractivity contribution in [3.05, 3.63) is 58.7 Å². The molecule has 2 rings (SSSR count). The summed E-state index contributed by atoms with van der Waals surface area (Å²) in [5.41, 5.74) is 8.19. The van der Waals surface area contributed by atoms with Crippen LogP contribution in [0.2, 0.25) is 0 Å². The van der Waals surface area contributed by atoms with E-state index in [1.54, 1.807) is 11.1 Å². The van der Waals surface area contributed by atoms with Crippen LogP contribution < -0.4 is 0 Å². The molecule has 0 aromatic heterocycles. The molecule has 0 radical (unpaired) electrons. The number of hydrogen-bond donors (Lipinski definition) is 0. The topological polar surface area (TPSA) is 0 Å². The first-order valence-corrected chi connectivity index (χ1v) is 12.6. The molecule has 0 nitrogen and oxygen atoms in total. The van der Waals surface area contributed by atoms with Gasteiger partial charge in [0.05, 0.1) is 0 Å². The molecule has 0 bridgehead atoms. The number of aryl methyl sites for hydroxylation is 1. The van der Waals surface area contributed by atoms with E-state index in [4.69, 9.17) is 0 Å². The standard InChI is InChI=1S/C30H48/c1-9-12-15-24(5)30(8,27(14-10-2)20-23(4)11-3)22-25-17-18-28-26(21-25)16-13-19-29(28,6)7/h11,17-18,21,27H,5,9-10,12-16,19-20,22H2,1-4,6-8H3/b23-11+. The average Bonchev–Trinajstić information content (AvgIpc) is 2.70. The molecule has 0 fully saturated rings. The van der Waals surface area contributed by atoms with Crippen LogP contribution in [0.5, 0.6) is 0 Å². The zero-order valence-electron chi connectivity index (χ0n) is 21.2. The predicted molar refractivity (Wildman–Crippen MR) is 135 cm³/mol. The lowest BCUT2D eigenvalue weighted by Crippen LogP contribution is -2.32. The minimum atomic E-state index is 0.161. The summed E-state index contributed by atoms with van der Waals surface area (Å²) >= 11 is 0. The minimum absolute atomic E-state index is 0.161. The van der Waals surface area contributed by atoms with E-state index in [9.17, 15) is 0 Å². The van der Waals surface area contributed by atoms with Crippen LogP contribution in [0, 0.1) is 11.3 Å². The molecule has 0 heterocycles. The van der Waals surface area contributed by atoms with E-state index >= 15 is 0 Å². The molecular formula is C30H48. The van der Waals surface area contributed by atoms with Gasteiger partial charge in [-0.25, -0.2) is 0 Å². The van der Waals surface area contributed by atoms with Crippen LogP contribution in [0.1, 0.15) is 117 Å². The summed E-state index contributed by atoms with van der Waals surface area (Å²) in [6.07, 6.45) is 14.7. The third-order valence-electron chi connectivity index (χ3n) is 7.96. The summed E-state index contributed by atoms with van der Waals surface area (Å²) in [4.78, 5) is 0. The molecule has 1 aliphatic carbocycles. The Morgan fingerprint density at radius 3 is 2.60 bits per heavy atom. The number of rotatable bonds is 11. The first-order chi connectivity index (χ1) is 14.2. The fourth-order valence-corrected chi connectivity index (χ4v) is 5.64. The highest BCUT2D eigenvalue weighted by atomic mass is 14.4. The van der Waals surface area contributed by atoms with Crippen molar-refractivity contribution in [1.29, 1.82) is 0 Å². The highest BCUT2D eigenvalue weighted by Crippen LogP contribution is 2.46. The average molecular weight is 409 g/mol. The van der Waals surface area contributed by atoms with Crippen molar-refractivity contribution in [1.82, 2.24) is 0 Å². The van der Waals surface area contributed by atoms with Crippen molar-refractivity contribution in [2.45, 2.75) is 118 Å². The minimum Gasteiger partial charge on any atom is -0.0993 e. The maximum Gasteiger partial charge on any atom is -0.00475 e. The molecular weight excluding hydrogens is 360 g/mol. The van der Waals surface area contributed by atoms with Crippen LogP contribution in [0.3, 0.4) is 0 Å². The molecule has 0 amide bonds. The van der Waals surface area contributed by atoms with E-state index in [-0.39, 0.29) is 5.41 Å². The number of fused-ring (bicyclic) bond motifs is 1. The normalized spacial score (nSPS) is 19.1. The van der Waals surface area contributed by atoms with E-state index in [2.05, 4.69) is 79.3 Å². The predicted octanol–water partition coefficient (Wildman–Crippen LogP) is 9.37. The second-order valence-corrected chi connectivity index (χ2v) is 10.9. The van der Waals surface area contributed by atoms with Gasteiger partial charge < -0.3 is 0 Å². The monoisotopic (exact) mass is 408 g/mol. The van der Waals surface area contributed by atoms with Gasteiger partial charge in [-0.15, -0.1) is 0 Å². The summed E-state index contributed by atoms with van der Waals surface area (Å²) < 4.78 is 0. The van der Waals surface area contributed by atoms with Gasteiger partial charge in [0.2, 0.25) is 0 Å². The van der Waals surface area contributed by atoms with Gasteiger partial charge in [0, 0.05) is 0 Å². The fourth-order valence-electron chi connectivity index (χ4n) is 5.64. The third kappa shape index (κ3) is 5.89. The van der Waals surface area contributed by atoms with Crippen LogP contribution in [0.4, 0.5) is 0 Å². The molecule has 1 aromatic carbocycles. The summed E-state index contributed by atoms with van der Waals surface area (Å²) in [6, 6.07) is 7.43. The number of unbranched alkanes of at least 4 members (excludes halogenated alkanes) is 1. The summed E-state index contributed by atoms with van der Waals surface area (Å²) in [5.74, 6) is 0.663. The molecule has 1 aromatic rings. The van der Waals surface area contributed by atoms with Gasteiger partial charge in [-0.2, -0.15) is 0 Å². The quantitative estimate of drug-likeness (QED) is 0.320. The van der Waals surface area contributed by atoms with Crippen molar-refractivity contribution in [3.63, 3.8) is 0 Å². The zero-order valence-corrected chi connectivity index (χ0v) is 21.2. The molecule has 0 saturated carbocycles. The van der Waals surface area contributed by atoms with Crippen molar-refractivity contribution >= 4 is 0 Å². The van der Waals surface area contributed by atoms with Gasteiger partial charge in [-0.1, -0.05) is 89.5 Å². The molecule has 168 valence electrons. The Hall–Kier alpha value is -1.30. The first kappa shape index (κ1) is 25.0. The Kier molecular flexibility index (Phi) is 9.01. The van der Waals surface area contributed by atoms with Crippen molar-refractivity contribution in [2.75, 3.05) is 0 Å². The fraction of sp³-hybridized carbons (Fsp3) is 0.667. The van der Waals surface area contributed by atoms with Gasteiger partial charge in [-0.3, -0.25) is 0 Å². The maximum atomic E-state index is 4.69. The molecule has 0 aliphatic heterocycles. The number of hydrogen-bond acceptors (Lipinski definition) is 0. The number of allylic oxidation sites excluding steroid dienone is 3. The highest BCUT2D eigenvalue weighted by Gasteiger charge is 2.36. The van der Waals surface area contributed by atoms with Gasteiger partial charge in [0.25, 0.3) is 0 Å². The van der Waals surface area contributed by atoms with E-state index in [0.717, 1.165) is 6.42 Å². The second-order valence-electron chi connectivity index (χ2n) is 10.9. The highest BCUT2D eigenvalue weighted by molar-refractivity contribution is 5.39. The largest absolute Gasteiger partial charge is 0.0993 e. The Bertz CT molecular complexity index is 732. The summed E-state index contributed by atoms with van der Waals surface area (Å²) in [6.45, 7) is 21.2. The lowest BCUT2D eigenvalue weighted by molar-refractivity contribution is 0.210. The van der Waals surface area contributed by atoms with Crippen LogP contribution in [0.25, 0.3) is 0 Å². The summed E-state index contributed by atoms with van der Waals surface area (Å²) in [5, 5.41) is 0. The Labute approximate surface area is 188 Å². The lowest BCUT2D eigenvalue weighted by atomic mass is 9.63. The molecule has 0 heteroatoms. The van der Waals surface area contributed by atoms with Crippen LogP contribution in [-0.4, -0.2) is 0 Å². The molecule has 2 unspecified atom stereocenters. The third-order valence-corrected chi connectivity index (χ3v) is 7.96. The van der Waals surface area contributed by atoms with Crippen LogP contribution in [-0.2, 0) is 18.3 Å². The van der Waals surface area contributed by atoms with Gasteiger partial charge in [0.15, 0.2) is 0 Å². The SMILES string of the molecule is C=C(CCCC)C(C)(Cc1ccc2c(c1)CCCC2(C)C)C(CCC)C/C(C)=C/C. The molecule has 0 N–H and O–H groups in total. The zero-order chi connectivity index (χ0) is 22.4. The molecule has 2 atom stereocenters. The smallest absolute Gasteiger partial charge is 0.00475 e. The van der Waals surface area contributed by atoms with Gasteiger partial charge in [0.1, 0.15) is 0 Å². The van der Waals surface area contributed by atoms with Crippen molar-refractivity contribution in [3.8, 4) is 0 Å². The molecule has 0 saturated heterocycles. The van der Waals surface area contributed by atoms with Crippen LogP contribution in [0.15, 0.2) is 42.0 Å². The molecule has 30 heavy (non-hydrogen) atoms. The molecule has 0 spiro atoms.